The third kappa shape index (κ3) is 3.31. The standard InChI is InChI=1S/C18H24N2O6S2/c1-26-16-6-5-14(10-17(16)28(24,25)19-7-3-2-4-8-19)20-15-12-27(22,23)11-13(15)9-18(20)21/h5-6,10,13,15H,2-4,7-9,11-12H2,1H3/t13-,15+/m1/s1. The fraction of sp³-hybridized carbons (Fsp3) is 0.611. The summed E-state index contributed by atoms with van der Waals surface area (Å²) in [5.74, 6) is -0.256. The quantitative estimate of drug-likeness (QED) is 0.710. The van der Waals surface area contributed by atoms with Crippen LogP contribution in [0.3, 0.4) is 0 Å². The maximum Gasteiger partial charge on any atom is 0.246 e. The highest BCUT2D eigenvalue weighted by molar-refractivity contribution is 7.91. The SMILES string of the molecule is COc1ccc(N2C(=O)C[C@@H]3CS(=O)(=O)C[C@@H]32)cc1S(=O)(=O)N1CCCCC1. The number of hydrogen-bond acceptors (Lipinski definition) is 6. The Labute approximate surface area is 165 Å². The Morgan fingerprint density at radius 2 is 1.82 bits per heavy atom. The van der Waals surface area contributed by atoms with Crippen molar-refractivity contribution in [2.24, 2.45) is 5.92 Å². The van der Waals surface area contributed by atoms with E-state index in [0.717, 1.165) is 19.3 Å². The predicted octanol–water partition coefficient (Wildman–Crippen LogP) is 1.02. The van der Waals surface area contributed by atoms with Gasteiger partial charge in [-0.1, -0.05) is 6.42 Å². The summed E-state index contributed by atoms with van der Waals surface area (Å²) in [4.78, 5) is 14.0. The minimum absolute atomic E-state index is 0.00892. The van der Waals surface area contributed by atoms with Gasteiger partial charge in [0.1, 0.15) is 10.6 Å². The third-order valence-electron chi connectivity index (χ3n) is 5.83. The molecule has 0 N–H and O–H groups in total. The van der Waals surface area contributed by atoms with Crippen LogP contribution >= 0.6 is 0 Å². The zero-order chi connectivity index (χ0) is 20.1. The van der Waals surface area contributed by atoms with Crippen molar-refractivity contribution in [2.45, 2.75) is 36.6 Å². The van der Waals surface area contributed by atoms with Gasteiger partial charge in [-0.3, -0.25) is 4.79 Å². The lowest BCUT2D eigenvalue weighted by Gasteiger charge is -2.28. The van der Waals surface area contributed by atoms with E-state index in [9.17, 15) is 21.6 Å². The summed E-state index contributed by atoms with van der Waals surface area (Å²) in [5.41, 5.74) is 0.408. The number of piperidine rings is 1. The average Bonchev–Trinajstić information content (AvgIpc) is 3.11. The zero-order valence-corrected chi connectivity index (χ0v) is 17.3. The first-order valence-electron chi connectivity index (χ1n) is 9.43. The van der Waals surface area contributed by atoms with Gasteiger partial charge in [0.2, 0.25) is 15.9 Å². The van der Waals surface area contributed by atoms with Crippen molar-refractivity contribution >= 4 is 31.5 Å². The van der Waals surface area contributed by atoms with Crippen molar-refractivity contribution in [3.8, 4) is 5.75 Å². The fourth-order valence-corrected chi connectivity index (χ4v) is 8.25. The van der Waals surface area contributed by atoms with E-state index >= 15 is 0 Å². The summed E-state index contributed by atoms with van der Waals surface area (Å²) in [6, 6.07) is 4.18. The van der Waals surface area contributed by atoms with Crippen molar-refractivity contribution < 1.29 is 26.4 Å². The van der Waals surface area contributed by atoms with Crippen LogP contribution in [0.4, 0.5) is 5.69 Å². The Morgan fingerprint density at radius 1 is 1.11 bits per heavy atom. The molecule has 1 amide bonds. The van der Waals surface area contributed by atoms with Crippen LogP contribution in [-0.4, -0.2) is 64.8 Å². The summed E-state index contributed by atoms with van der Waals surface area (Å²) in [5, 5.41) is 0. The van der Waals surface area contributed by atoms with Gasteiger partial charge in [-0.15, -0.1) is 0 Å². The number of carbonyl (C=O) groups is 1. The minimum atomic E-state index is -3.77. The molecule has 2 atom stereocenters. The van der Waals surface area contributed by atoms with Gasteiger partial charge in [-0.2, -0.15) is 4.31 Å². The first-order valence-corrected chi connectivity index (χ1v) is 12.7. The molecule has 3 aliphatic rings. The van der Waals surface area contributed by atoms with Crippen LogP contribution in [-0.2, 0) is 24.7 Å². The van der Waals surface area contributed by atoms with Crippen LogP contribution in [0, 0.1) is 5.92 Å². The molecule has 0 aromatic heterocycles. The van der Waals surface area contributed by atoms with Crippen molar-refractivity contribution in [1.29, 1.82) is 0 Å². The molecule has 3 fully saturated rings. The molecule has 3 saturated heterocycles. The molecule has 8 nitrogen and oxygen atoms in total. The number of fused-ring (bicyclic) bond motifs is 1. The predicted molar refractivity (Wildman–Crippen MR) is 104 cm³/mol. The molecule has 4 rings (SSSR count). The molecule has 10 heteroatoms. The lowest BCUT2D eigenvalue weighted by Crippen LogP contribution is -2.37. The summed E-state index contributed by atoms with van der Waals surface area (Å²) < 4.78 is 57.1. The van der Waals surface area contributed by atoms with E-state index in [4.69, 9.17) is 4.74 Å². The molecule has 0 saturated carbocycles. The average molecular weight is 429 g/mol. The van der Waals surface area contributed by atoms with E-state index in [1.54, 1.807) is 6.07 Å². The molecule has 28 heavy (non-hydrogen) atoms. The first kappa shape index (κ1) is 19.7. The van der Waals surface area contributed by atoms with Crippen LogP contribution in [0.1, 0.15) is 25.7 Å². The monoisotopic (exact) mass is 428 g/mol. The van der Waals surface area contributed by atoms with Crippen LogP contribution in [0.25, 0.3) is 0 Å². The van der Waals surface area contributed by atoms with E-state index in [0.29, 0.717) is 18.8 Å². The van der Waals surface area contributed by atoms with Gasteiger partial charge >= 0.3 is 0 Å². The Morgan fingerprint density at radius 3 is 2.50 bits per heavy atom. The molecule has 3 aliphatic heterocycles. The summed E-state index contributed by atoms with van der Waals surface area (Å²) in [7, 11) is -5.54. The van der Waals surface area contributed by atoms with E-state index in [2.05, 4.69) is 0 Å². The van der Waals surface area contributed by atoms with Gasteiger partial charge in [0, 0.05) is 31.1 Å². The highest BCUT2D eigenvalue weighted by Gasteiger charge is 2.49. The lowest BCUT2D eigenvalue weighted by molar-refractivity contribution is -0.117. The maximum atomic E-state index is 13.2. The Hall–Kier alpha value is -1.65. The Kier molecular flexibility index (Phi) is 4.91. The third-order valence-corrected chi connectivity index (χ3v) is 9.54. The molecule has 1 aromatic carbocycles. The van der Waals surface area contributed by atoms with E-state index in [-0.39, 0.29) is 40.4 Å². The number of sulfone groups is 1. The normalized spacial score (nSPS) is 27.8. The lowest BCUT2D eigenvalue weighted by atomic mass is 10.0. The molecule has 0 unspecified atom stereocenters. The molecule has 0 aliphatic carbocycles. The van der Waals surface area contributed by atoms with Crippen molar-refractivity contribution in [1.82, 2.24) is 4.31 Å². The maximum absolute atomic E-state index is 13.2. The first-order chi connectivity index (χ1) is 13.2. The second-order valence-corrected chi connectivity index (χ2v) is 11.7. The number of benzene rings is 1. The van der Waals surface area contributed by atoms with E-state index in [1.807, 2.05) is 0 Å². The summed E-state index contributed by atoms with van der Waals surface area (Å²) in [6.45, 7) is 0.919. The molecule has 0 spiro atoms. The molecule has 154 valence electrons. The topological polar surface area (TPSA) is 101 Å². The molecule has 0 radical (unpaired) electrons. The van der Waals surface area contributed by atoms with Crippen LogP contribution in [0.5, 0.6) is 5.75 Å². The van der Waals surface area contributed by atoms with Crippen molar-refractivity contribution in [3.05, 3.63) is 18.2 Å². The smallest absolute Gasteiger partial charge is 0.246 e. The number of anilines is 1. The van der Waals surface area contributed by atoms with Gasteiger partial charge in [0.15, 0.2) is 9.84 Å². The fourth-order valence-electron chi connectivity index (χ4n) is 4.49. The Bertz CT molecular complexity index is 999. The second kappa shape index (κ2) is 7.00. The molecular weight excluding hydrogens is 404 g/mol. The van der Waals surface area contributed by atoms with Crippen LogP contribution in [0.2, 0.25) is 0 Å². The number of methoxy groups -OCH3 is 1. The number of ether oxygens (including phenoxy) is 1. The summed E-state index contributed by atoms with van der Waals surface area (Å²) in [6.07, 6.45) is 2.80. The van der Waals surface area contributed by atoms with Gasteiger partial charge in [0.05, 0.1) is 24.7 Å². The number of sulfonamides is 1. The van der Waals surface area contributed by atoms with Gasteiger partial charge in [-0.05, 0) is 31.0 Å². The Balaban J connectivity index is 1.74. The molecular formula is C18H24N2O6S2. The number of nitrogens with zero attached hydrogens (tertiary/aromatic N) is 2. The van der Waals surface area contributed by atoms with Crippen molar-refractivity contribution in [3.63, 3.8) is 0 Å². The number of hydrogen-bond donors (Lipinski definition) is 0. The van der Waals surface area contributed by atoms with E-state index in [1.165, 1.54) is 28.4 Å². The number of carbonyl (C=O) groups excluding carboxylic acids is 1. The zero-order valence-electron chi connectivity index (χ0n) is 15.7. The number of amides is 1. The van der Waals surface area contributed by atoms with Gasteiger partial charge in [-0.25, -0.2) is 16.8 Å². The summed E-state index contributed by atoms with van der Waals surface area (Å²) >= 11 is 0. The molecule has 1 aromatic rings. The van der Waals surface area contributed by atoms with Crippen molar-refractivity contribution in [2.75, 3.05) is 36.6 Å². The van der Waals surface area contributed by atoms with Crippen LogP contribution < -0.4 is 9.64 Å². The molecule has 0 bridgehead atoms. The highest BCUT2D eigenvalue weighted by Crippen LogP contribution is 2.40. The van der Waals surface area contributed by atoms with Crippen LogP contribution in [0.15, 0.2) is 23.1 Å². The second-order valence-electron chi connectivity index (χ2n) is 7.67. The number of rotatable bonds is 4. The largest absolute Gasteiger partial charge is 0.495 e. The highest BCUT2D eigenvalue weighted by atomic mass is 32.2. The molecule has 3 heterocycles. The van der Waals surface area contributed by atoms with E-state index < -0.39 is 25.9 Å². The minimum Gasteiger partial charge on any atom is -0.495 e. The van der Waals surface area contributed by atoms with Gasteiger partial charge < -0.3 is 9.64 Å². The van der Waals surface area contributed by atoms with Gasteiger partial charge in [0.25, 0.3) is 0 Å².